The lowest BCUT2D eigenvalue weighted by Gasteiger charge is -2.35. The highest BCUT2D eigenvalue weighted by atomic mass is 32.2. The Bertz CT molecular complexity index is 1120. The molecule has 0 aliphatic heterocycles. The van der Waals surface area contributed by atoms with Crippen LogP contribution in [0, 0.1) is 6.92 Å². The summed E-state index contributed by atoms with van der Waals surface area (Å²) in [4.78, 5) is 4.94. The quantitative estimate of drug-likeness (QED) is 0.642. The maximum atomic E-state index is 12.8. The summed E-state index contributed by atoms with van der Waals surface area (Å²) in [6, 6.07) is 8.21. The molecule has 2 saturated carbocycles. The van der Waals surface area contributed by atoms with Crippen molar-refractivity contribution in [2.45, 2.75) is 67.8 Å². The van der Waals surface area contributed by atoms with Crippen LogP contribution in [-0.4, -0.2) is 39.4 Å². The van der Waals surface area contributed by atoms with Crippen LogP contribution in [0.3, 0.4) is 0 Å². The highest BCUT2D eigenvalue weighted by molar-refractivity contribution is 7.89. The molecule has 2 heterocycles. The van der Waals surface area contributed by atoms with Crippen LogP contribution < -0.4 is 4.72 Å². The molecule has 9 nitrogen and oxygen atoms in total. The fraction of sp³-hybridized carbons (Fsp3) is 0.500. The third-order valence-electron chi connectivity index (χ3n) is 6.02. The lowest BCUT2D eigenvalue weighted by molar-refractivity contribution is 0.251. The molecular weight excluding hydrogens is 404 g/mol. The standard InChI is InChI=1S/C20H24N6O3S/c1-13-23-21-12-26(13)18-11-15(25-30(27,28)16-5-3-2-4-6-16)9-10-17(18)19-22-20(29-24-19)14-7-8-14/h2-6,12,14-15,17-18,25H,7-11H2,1H3/t15-,17?,18+/m0/s1. The van der Waals surface area contributed by atoms with Gasteiger partial charge < -0.3 is 9.09 Å². The maximum absolute atomic E-state index is 12.8. The lowest BCUT2D eigenvalue weighted by Crippen LogP contribution is -2.41. The van der Waals surface area contributed by atoms with Crippen molar-refractivity contribution < 1.29 is 12.9 Å². The number of rotatable bonds is 6. The van der Waals surface area contributed by atoms with Gasteiger partial charge in [-0.3, -0.25) is 0 Å². The van der Waals surface area contributed by atoms with Crippen molar-refractivity contribution >= 4 is 10.0 Å². The zero-order chi connectivity index (χ0) is 20.7. The average molecular weight is 429 g/mol. The zero-order valence-corrected chi connectivity index (χ0v) is 17.5. The van der Waals surface area contributed by atoms with E-state index in [2.05, 4.69) is 25.1 Å². The molecule has 2 aliphatic rings. The molecule has 0 bridgehead atoms. The summed E-state index contributed by atoms with van der Waals surface area (Å²) >= 11 is 0. The Balaban J connectivity index is 1.40. The van der Waals surface area contributed by atoms with Crippen molar-refractivity contribution in [2.75, 3.05) is 0 Å². The van der Waals surface area contributed by atoms with Crippen molar-refractivity contribution in [1.82, 2.24) is 29.6 Å². The van der Waals surface area contributed by atoms with Crippen LogP contribution in [-0.2, 0) is 10.0 Å². The average Bonchev–Trinajstić information content (AvgIpc) is 3.32. The van der Waals surface area contributed by atoms with Crippen LogP contribution in [0.2, 0.25) is 0 Å². The molecule has 3 aromatic rings. The van der Waals surface area contributed by atoms with E-state index in [9.17, 15) is 8.42 Å². The number of sulfonamides is 1. The Kier molecular flexibility index (Phi) is 4.90. The van der Waals surface area contributed by atoms with E-state index >= 15 is 0 Å². The molecule has 0 amide bonds. The van der Waals surface area contributed by atoms with E-state index in [1.807, 2.05) is 11.5 Å². The molecule has 0 saturated heterocycles. The Morgan fingerprint density at radius 1 is 1.13 bits per heavy atom. The number of hydrogen-bond acceptors (Lipinski definition) is 7. The largest absolute Gasteiger partial charge is 0.339 e. The highest BCUT2D eigenvalue weighted by Crippen LogP contribution is 2.43. The number of benzene rings is 1. The third kappa shape index (κ3) is 3.77. The second-order valence-corrected chi connectivity index (χ2v) is 9.88. The molecule has 30 heavy (non-hydrogen) atoms. The first-order valence-corrected chi connectivity index (χ1v) is 11.8. The molecule has 1 aromatic carbocycles. The fourth-order valence-corrected chi connectivity index (χ4v) is 5.57. The summed E-state index contributed by atoms with van der Waals surface area (Å²) in [5.74, 6) is 2.61. The summed E-state index contributed by atoms with van der Waals surface area (Å²) in [5, 5.41) is 12.4. The number of aryl methyl sites for hydroxylation is 1. The molecule has 5 rings (SSSR count). The maximum Gasteiger partial charge on any atom is 0.240 e. The Morgan fingerprint density at radius 3 is 2.63 bits per heavy atom. The predicted octanol–water partition coefficient (Wildman–Crippen LogP) is 2.70. The van der Waals surface area contributed by atoms with Gasteiger partial charge in [0.05, 0.1) is 4.90 Å². The first-order valence-electron chi connectivity index (χ1n) is 10.3. The number of aromatic nitrogens is 5. The van der Waals surface area contributed by atoms with Crippen molar-refractivity contribution in [3.63, 3.8) is 0 Å². The molecule has 2 fully saturated rings. The van der Waals surface area contributed by atoms with Crippen molar-refractivity contribution in [2.24, 2.45) is 0 Å². The van der Waals surface area contributed by atoms with Gasteiger partial charge in [0, 0.05) is 23.9 Å². The van der Waals surface area contributed by atoms with Gasteiger partial charge >= 0.3 is 0 Å². The number of hydrogen-bond donors (Lipinski definition) is 1. The van der Waals surface area contributed by atoms with E-state index < -0.39 is 10.0 Å². The minimum Gasteiger partial charge on any atom is -0.339 e. The Labute approximate surface area is 175 Å². The van der Waals surface area contributed by atoms with Crippen LogP contribution in [0.25, 0.3) is 0 Å². The second-order valence-electron chi connectivity index (χ2n) is 8.17. The summed E-state index contributed by atoms with van der Waals surface area (Å²) in [5.41, 5.74) is 0. The van der Waals surface area contributed by atoms with Crippen molar-refractivity contribution in [3.05, 3.63) is 54.2 Å². The Morgan fingerprint density at radius 2 is 1.93 bits per heavy atom. The predicted molar refractivity (Wildman–Crippen MR) is 107 cm³/mol. The van der Waals surface area contributed by atoms with Gasteiger partial charge in [-0.1, -0.05) is 23.4 Å². The Hall–Kier alpha value is -2.59. The van der Waals surface area contributed by atoms with Gasteiger partial charge in [0.1, 0.15) is 12.2 Å². The molecule has 0 radical (unpaired) electrons. The lowest BCUT2D eigenvalue weighted by atomic mass is 9.81. The summed E-state index contributed by atoms with van der Waals surface area (Å²) < 4.78 is 36.0. The van der Waals surface area contributed by atoms with E-state index in [1.54, 1.807) is 36.7 Å². The van der Waals surface area contributed by atoms with E-state index in [1.165, 1.54) is 0 Å². The monoisotopic (exact) mass is 428 g/mol. The summed E-state index contributed by atoms with van der Waals surface area (Å²) in [6.07, 6.45) is 5.94. The van der Waals surface area contributed by atoms with Crippen LogP contribution >= 0.6 is 0 Å². The van der Waals surface area contributed by atoms with Crippen LogP contribution in [0.15, 0.2) is 46.1 Å². The van der Waals surface area contributed by atoms with E-state index in [0.29, 0.717) is 24.6 Å². The normalized spacial score (nSPS) is 24.8. The van der Waals surface area contributed by atoms with Gasteiger partial charge in [0.15, 0.2) is 5.82 Å². The molecule has 10 heteroatoms. The topological polar surface area (TPSA) is 116 Å². The van der Waals surface area contributed by atoms with Gasteiger partial charge in [-0.15, -0.1) is 10.2 Å². The van der Waals surface area contributed by atoms with E-state index in [0.717, 1.165) is 31.0 Å². The van der Waals surface area contributed by atoms with Gasteiger partial charge in [-0.2, -0.15) is 4.98 Å². The van der Waals surface area contributed by atoms with Crippen LogP contribution in [0.4, 0.5) is 0 Å². The van der Waals surface area contributed by atoms with Crippen molar-refractivity contribution in [3.8, 4) is 0 Å². The highest BCUT2D eigenvalue weighted by Gasteiger charge is 2.39. The second kappa shape index (κ2) is 7.59. The molecule has 2 aliphatic carbocycles. The first-order chi connectivity index (χ1) is 14.5. The minimum absolute atomic E-state index is 0.0217. The van der Waals surface area contributed by atoms with Gasteiger partial charge in [-0.25, -0.2) is 13.1 Å². The molecule has 3 atom stereocenters. The first kappa shape index (κ1) is 19.4. The van der Waals surface area contributed by atoms with E-state index in [4.69, 9.17) is 4.52 Å². The van der Waals surface area contributed by atoms with Gasteiger partial charge in [0.25, 0.3) is 0 Å². The van der Waals surface area contributed by atoms with Gasteiger partial charge in [-0.05, 0) is 51.2 Å². The fourth-order valence-electron chi connectivity index (χ4n) is 4.27. The van der Waals surface area contributed by atoms with Crippen LogP contribution in [0.5, 0.6) is 0 Å². The summed E-state index contributed by atoms with van der Waals surface area (Å²) in [7, 11) is -3.58. The van der Waals surface area contributed by atoms with Crippen LogP contribution in [0.1, 0.15) is 67.5 Å². The van der Waals surface area contributed by atoms with Crippen molar-refractivity contribution in [1.29, 1.82) is 0 Å². The molecule has 0 spiro atoms. The zero-order valence-electron chi connectivity index (χ0n) is 16.7. The smallest absolute Gasteiger partial charge is 0.240 e. The molecule has 1 N–H and O–H groups in total. The summed E-state index contributed by atoms with van der Waals surface area (Å²) in [6.45, 7) is 1.90. The number of nitrogens with zero attached hydrogens (tertiary/aromatic N) is 5. The van der Waals surface area contributed by atoms with E-state index in [-0.39, 0.29) is 22.9 Å². The number of nitrogens with one attached hydrogen (secondary N) is 1. The minimum atomic E-state index is -3.58. The third-order valence-corrected chi connectivity index (χ3v) is 7.55. The molecular formula is C20H24N6O3S. The SMILES string of the molecule is Cc1nncn1[C@@H]1C[C@@H](NS(=O)(=O)c2ccccc2)CCC1c1noc(C2CC2)n1. The molecule has 158 valence electrons. The molecule has 2 aromatic heterocycles. The van der Waals surface area contributed by atoms with Gasteiger partial charge in [0.2, 0.25) is 15.9 Å². The molecule has 1 unspecified atom stereocenters.